The molecule has 0 saturated heterocycles. The summed E-state index contributed by atoms with van der Waals surface area (Å²) in [4.78, 5) is 25.6. The first-order valence-corrected chi connectivity index (χ1v) is 8.21. The molecule has 0 saturated carbocycles. The van der Waals surface area contributed by atoms with Gasteiger partial charge in [-0.15, -0.1) is 0 Å². The van der Waals surface area contributed by atoms with E-state index in [0.29, 0.717) is 12.2 Å². The number of carbonyl (C=O) groups is 2. The van der Waals surface area contributed by atoms with Crippen LogP contribution < -0.4 is 0 Å². The van der Waals surface area contributed by atoms with Gasteiger partial charge < -0.3 is 14.4 Å². The van der Waals surface area contributed by atoms with Gasteiger partial charge in [0.2, 0.25) is 0 Å². The molecule has 0 aliphatic heterocycles. The number of aromatic carboxylic acids is 1. The average Bonchev–Trinajstić information content (AvgIpc) is 3.04. The van der Waals surface area contributed by atoms with E-state index in [2.05, 4.69) is 12.1 Å². The van der Waals surface area contributed by atoms with Crippen LogP contribution in [-0.4, -0.2) is 35.0 Å². The van der Waals surface area contributed by atoms with Gasteiger partial charge in [0.1, 0.15) is 11.3 Å². The van der Waals surface area contributed by atoms with Crippen LogP contribution in [0.5, 0.6) is 0 Å². The third-order valence-corrected chi connectivity index (χ3v) is 4.76. The summed E-state index contributed by atoms with van der Waals surface area (Å²) in [6.45, 7) is 1.81. The van der Waals surface area contributed by atoms with E-state index >= 15 is 0 Å². The molecule has 1 N–H and O–H groups in total. The van der Waals surface area contributed by atoms with Crippen molar-refractivity contribution in [2.45, 2.75) is 38.6 Å². The normalized spacial score (nSPS) is 16.5. The fourth-order valence-corrected chi connectivity index (χ4v) is 3.33. The van der Waals surface area contributed by atoms with E-state index in [9.17, 15) is 14.7 Å². The van der Waals surface area contributed by atoms with E-state index in [0.717, 1.165) is 19.3 Å². The molecule has 1 aromatic carbocycles. The van der Waals surface area contributed by atoms with Gasteiger partial charge in [-0.2, -0.15) is 0 Å². The number of hydrogen-bond acceptors (Lipinski definition) is 3. The molecular formula is C19H21NO4. The summed E-state index contributed by atoms with van der Waals surface area (Å²) >= 11 is 0. The van der Waals surface area contributed by atoms with Crippen molar-refractivity contribution in [3.8, 4) is 0 Å². The Hall–Kier alpha value is -2.56. The number of carboxylic acid groups (broad SMARTS) is 1. The number of likely N-dealkylation sites (N-methyl/N-ethyl adjacent to an activating group) is 1. The highest BCUT2D eigenvalue weighted by atomic mass is 16.4. The number of carboxylic acids is 1. The van der Waals surface area contributed by atoms with Crippen LogP contribution in [0.25, 0.3) is 0 Å². The molecule has 0 bridgehead atoms. The Balaban J connectivity index is 1.79. The molecule has 0 spiro atoms. The first kappa shape index (κ1) is 16.3. The Labute approximate surface area is 140 Å². The minimum atomic E-state index is -1.07. The summed E-state index contributed by atoms with van der Waals surface area (Å²) in [5.41, 5.74) is 2.69. The van der Waals surface area contributed by atoms with Gasteiger partial charge in [0.15, 0.2) is 5.76 Å². The molecule has 1 amide bonds. The maximum Gasteiger partial charge on any atom is 0.339 e. The van der Waals surface area contributed by atoms with Gasteiger partial charge in [-0.25, -0.2) is 4.79 Å². The molecule has 24 heavy (non-hydrogen) atoms. The third-order valence-electron chi connectivity index (χ3n) is 4.76. The molecule has 1 atom stereocenters. The van der Waals surface area contributed by atoms with E-state index in [1.54, 1.807) is 18.9 Å². The number of benzene rings is 1. The fraction of sp³-hybridized carbons (Fsp3) is 0.368. The van der Waals surface area contributed by atoms with Crippen molar-refractivity contribution in [3.05, 3.63) is 58.5 Å². The molecule has 5 nitrogen and oxygen atoms in total. The lowest BCUT2D eigenvalue weighted by Gasteiger charge is -2.32. The molecule has 1 heterocycles. The maximum atomic E-state index is 12.7. The van der Waals surface area contributed by atoms with Crippen molar-refractivity contribution in [2.75, 3.05) is 7.05 Å². The lowest BCUT2D eigenvalue weighted by Crippen LogP contribution is -2.40. The highest BCUT2D eigenvalue weighted by molar-refractivity contribution is 5.96. The highest BCUT2D eigenvalue weighted by Crippen LogP contribution is 2.26. The molecule has 2 aromatic rings. The minimum absolute atomic E-state index is 0.0724. The van der Waals surface area contributed by atoms with Gasteiger partial charge in [0.05, 0.1) is 0 Å². The molecule has 0 fully saturated rings. The van der Waals surface area contributed by atoms with Gasteiger partial charge >= 0.3 is 5.97 Å². The van der Waals surface area contributed by atoms with Crippen molar-refractivity contribution in [1.29, 1.82) is 0 Å². The molecule has 1 unspecified atom stereocenters. The Kier molecular flexibility index (Phi) is 4.42. The van der Waals surface area contributed by atoms with Gasteiger partial charge in [-0.1, -0.05) is 31.2 Å². The van der Waals surface area contributed by atoms with Crippen molar-refractivity contribution in [3.63, 3.8) is 0 Å². The Morgan fingerprint density at radius 2 is 2.00 bits per heavy atom. The van der Waals surface area contributed by atoms with Gasteiger partial charge in [0.25, 0.3) is 5.91 Å². The predicted molar refractivity (Wildman–Crippen MR) is 89.4 cm³/mol. The van der Waals surface area contributed by atoms with E-state index in [1.807, 2.05) is 12.1 Å². The van der Waals surface area contributed by atoms with Gasteiger partial charge in [-0.3, -0.25) is 4.79 Å². The number of carbonyl (C=O) groups excluding carboxylic acids is 1. The summed E-state index contributed by atoms with van der Waals surface area (Å²) < 4.78 is 5.50. The average molecular weight is 327 g/mol. The first-order chi connectivity index (χ1) is 11.5. The molecule has 0 radical (unpaired) electrons. The van der Waals surface area contributed by atoms with Crippen LogP contribution in [0.15, 0.2) is 34.7 Å². The standard InChI is InChI=1S/C19H21NO4/c1-3-16-15(19(22)23)11-17(24-16)18(21)20(2)14-9-8-12-6-4-5-7-13(12)10-14/h4-7,11,14H,3,8-10H2,1-2H3,(H,22,23). The summed E-state index contributed by atoms with van der Waals surface area (Å²) in [6, 6.07) is 9.72. The zero-order chi connectivity index (χ0) is 17.3. The number of hydrogen-bond donors (Lipinski definition) is 1. The Bertz CT molecular complexity index is 777. The zero-order valence-electron chi connectivity index (χ0n) is 13.9. The van der Waals surface area contributed by atoms with Crippen molar-refractivity contribution in [2.24, 2.45) is 0 Å². The molecule has 1 aliphatic rings. The Morgan fingerprint density at radius 1 is 1.29 bits per heavy atom. The van der Waals surface area contributed by atoms with Crippen LogP contribution in [-0.2, 0) is 19.3 Å². The number of fused-ring (bicyclic) bond motifs is 1. The van der Waals surface area contributed by atoms with Gasteiger partial charge in [0, 0.05) is 25.6 Å². The fourth-order valence-electron chi connectivity index (χ4n) is 3.33. The number of furan rings is 1. The van der Waals surface area contributed by atoms with E-state index < -0.39 is 5.97 Å². The number of aryl methyl sites for hydroxylation is 2. The lowest BCUT2D eigenvalue weighted by molar-refractivity contribution is 0.0678. The summed E-state index contributed by atoms with van der Waals surface area (Å²) in [5, 5.41) is 9.20. The second-order valence-electron chi connectivity index (χ2n) is 6.19. The number of nitrogens with zero attached hydrogens (tertiary/aromatic N) is 1. The molecule has 3 rings (SSSR count). The van der Waals surface area contributed by atoms with E-state index in [1.165, 1.54) is 17.2 Å². The van der Waals surface area contributed by atoms with E-state index in [-0.39, 0.29) is 23.3 Å². The maximum absolute atomic E-state index is 12.7. The molecule has 126 valence electrons. The second-order valence-corrected chi connectivity index (χ2v) is 6.19. The topological polar surface area (TPSA) is 70.8 Å². The van der Waals surface area contributed by atoms with Crippen molar-refractivity contribution in [1.82, 2.24) is 4.90 Å². The largest absolute Gasteiger partial charge is 0.478 e. The number of amides is 1. The zero-order valence-corrected chi connectivity index (χ0v) is 13.9. The monoisotopic (exact) mass is 327 g/mol. The lowest BCUT2D eigenvalue weighted by atomic mass is 9.87. The molecule has 1 aliphatic carbocycles. The molecule has 1 aromatic heterocycles. The van der Waals surface area contributed by atoms with Crippen LogP contribution in [0.4, 0.5) is 0 Å². The van der Waals surface area contributed by atoms with Crippen LogP contribution in [0.3, 0.4) is 0 Å². The second kappa shape index (κ2) is 6.51. The molecular weight excluding hydrogens is 306 g/mol. The smallest absolute Gasteiger partial charge is 0.339 e. The summed E-state index contributed by atoms with van der Waals surface area (Å²) in [5.74, 6) is -0.885. The van der Waals surface area contributed by atoms with Crippen molar-refractivity contribution >= 4 is 11.9 Å². The van der Waals surface area contributed by atoms with Crippen molar-refractivity contribution < 1.29 is 19.1 Å². The quantitative estimate of drug-likeness (QED) is 0.936. The van der Waals surface area contributed by atoms with Crippen LogP contribution in [0.2, 0.25) is 0 Å². The Morgan fingerprint density at radius 3 is 2.62 bits per heavy atom. The summed E-state index contributed by atoms with van der Waals surface area (Å²) in [6.07, 6.45) is 3.09. The SMILES string of the molecule is CCc1oc(C(=O)N(C)C2CCc3ccccc3C2)cc1C(=O)O. The first-order valence-electron chi connectivity index (χ1n) is 8.21. The van der Waals surface area contributed by atoms with Gasteiger partial charge in [-0.05, 0) is 30.4 Å². The summed E-state index contributed by atoms with van der Waals surface area (Å²) in [7, 11) is 1.76. The predicted octanol–water partition coefficient (Wildman–Crippen LogP) is 3.17. The van der Waals surface area contributed by atoms with Crippen LogP contribution in [0, 0.1) is 0 Å². The molecule has 5 heteroatoms. The number of rotatable bonds is 4. The van der Waals surface area contributed by atoms with Crippen LogP contribution >= 0.6 is 0 Å². The highest BCUT2D eigenvalue weighted by Gasteiger charge is 2.28. The van der Waals surface area contributed by atoms with Crippen LogP contribution in [0.1, 0.15) is 51.1 Å². The third kappa shape index (κ3) is 2.94. The minimum Gasteiger partial charge on any atom is -0.478 e. The van der Waals surface area contributed by atoms with E-state index in [4.69, 9.17) is 4.42 Å².